The molecule has 0 bridgehead atoms. The number of anilines is 1. The average molecular weight is 264 g/mol. The molecule has 0 heterocycles. The van der Waals surface area contributed by atoms with E-state index >= 15 is 0 Å². The summed E-state index contributed by atoms with van der Waals surface area (Å²) in [7, 11) is 0. The third kappa shape index (κ3) is 4.97. The van der Waals surface area contributed by atoms with Crippen LogP contribution in [-0.2, 0) is 11.3 Å². The third-order valence-corrected chi connectivity index (χ3v) is 2.51. The van der Waals surface area contributed by atoms with Crippen molar-refractivity contribution in [3.05, 3.63) is 29.8 Å². The lowest BCUT2D eigenvalue weighted by atomic mass is 10.2. The van der Waals surface area contributed by atoms with E-state index in [0.717, 1.165) is 5.56 Å². The lowest BCUT2D eigenvalue weighted by Crippen LogP contribution is -2.46. The van der Waals surface area contributed by atoms with Crippen LogP contribution in [0.2, 0.25) is 0 Å². The van der Waals surface area contributed by atoms with Crippen LogP contribution >= 0.6 is 0 Å². The molecule has 0 fully saturated rings. The summed E-state index contributed by atoms with van der Waals surface area (Å²) in [5, 5.41) is 7.85. The Bertz CT molecular complexity index is 448. The largest absolute Gasteiger partial charge is 0.355 e. The van der Waals surface area contributed by atoms with Crippen LogP contribution in [0.1, 0.15) is 19.4 Å². The Balaban J connectivity index is 2.52. The van der Waals surface area contributed by atoms with E-state index in [2.05, 4.69) is 16.0 Å². The minimum absolute atomic E-state index is 0.214. The second-order valence-electron chi connectivity index (χ2n) is 4.12. The fraction of sp³-hybridized carbons (Fsp3) is 0.385. The first-order chi connectivity index (χ1) is 9.06. The normalized spacial score (nSPS) is 11.5. The van der Waals surface area contributed by atoms with Crippen molar-refractivity contribution in [3.8, 4) is 0 Å². The summed E-state index contributed by atoms with van der Waals surface area (Å²) in [5.74, 6) is -0.214. The first kappa shape index (κ1) is 15.0. The van der Waals surface area contributed by atoms with Gasteiger partial charge in [-0.2, -0.15) is 0 Å². The van der Waals surface area contributed by atoms with Gasteiger partial charge in [-0.3, -0.25) is 4.79 Å². The summed E-state index contributed by atoms with van der Waals surface area (Å²) in [6.45, 7) is 4.39. The van der Waals surface area contributed by atoms with Crippen molar-refractivity contribution in [2.75, 3.05) is 11.9 Å². The molecule has 0 aromatic heterocycles. The lowest BCUT2D eigenvalue weighted by Gasteiger charge is -2.14. The molecule has 1 rings (SSSR count). The molecule has 1 atom stereocenters. The van der Waals surface area contributed by atoms with Gasteiger partial charge in [0.15, 0.2) is 0 Å². The van der Waals surface area contributed by atoms with Crippen molar-refractivity contribution in [2.45, 2.75) is 26.4 Å². The molecule has 1 aromatic carbocycles. The number of hydrogen-bond acceptors (Lipinski definition) is 3. The molecule has 3 amide bonds. The van der Waals surface area contributed by atoms with Crippen LogP contribution in [0.25, 0.3) is 0 Å². The van der Waals surface area contributed by atoms with Crippen molar-refractivity contribution in [1.29, 1.82) is 0 Å². The number of nitrogens with one attached hydrogen (secondary N) is 3. The Morgan fingerprint density at radius 2 is 2.11 bits per heavy atom. The van der Waals surface area contributed by atoms with Crippen LogP contribution in [0.15, 0.2) is 24.3 Å². The summed E-state index contributed by atoms with van der Waals surface area (Å²) in [4.78, 5) is 23.2. The molecule has 1 aromatic rings. The van der Waals surface area contributed by atoms with Gasteiger partial charge in [-0.15, -0.1) is 0 Å². The van der Waals surface area contributed by atoms with Crippen molar-refractivity contribution in [3.63, 3.8) is 0 Å². The van der Waals surface area contributed by atoms with Crippen LogP contribution in [0.3, 0.4) is 0 Å². The lowest BCUT2D eigenvalue weighted by molar-refractivity contribution is -0.122. The Labute approximate surface area is 112 Å². The summed E-state index contributed by atoms with van der Waals surface area (Å²) in [6, 6.07) is 6.22. The van der Waals surface area contributed by atoms with Gasteiger partial charge in [-0.25, -0.2) is 4.79 Å². The number of hydrogen-bond donors (Lipinski definition) is 4. The zero-order valence-electron chi connectivity index (χ0n) is 11.2. The quantitative estimate of drug-likeness (QED) is 0.633. The van der Waals surface area contributed by atoms with E-state index in [1.807, 2.05) is 19.1 Å². The van der Waals surface area contributed by atoms with E-state index in [0.29, 0.717) is 18.8 Å². The van der Waals surface area contributed by atoms with Crippen molar-refractivity contribution in [1.82, 2.24) is 10.6 Å². The smallest absolute Gasteiger partial charge is 0.319 e. The number of carbonyl (C=O) groups excluding carboxylic acids is 2. The van der Waals surface area contributed by atoms with E-state index in [1.54, 1.807) is 19.1 Å². The minimum Gasteiger partial charge on any atom is -0.355 e. The van der Waals surface area contributed by atoms with E-state index in [-0.39, 0.29) is 5.91 Å². The van der Waals surface area contributed by atoms with E-state index in [9.17, 15) is 9.59 Å². The molecule has 0 aliphatic heterocycles. The summed E-state index contributed by atoms with van der Waals surface area (Å²) >= 11 is 0. The fourth-order valence-electron chi connectivity index (χ4n) is 1.53. The second kappa shape index (κ2) is 7.38. The standard InChI is InChI=1S/C13H20N4O2/c1-3-15-12(18)9(2)16-13(19)17-11-6-4-5-10(7-11)8-14/h4-7,9H,3,8,14H2,1-2H3,(H,15,18)(H2,16,17,19). The molecule has 19 heavy (non-hydrogen) atoms. The molecule has 1 unspecified atom stereocenters. The predicted molar refractivity (Wildman–Crippen MR) is 74.6 cm³/mol. The van der Waals surface area contributed by atoms with E-state index in [1.165, 1.54) is 0 Å². The van der Waals surface area contributed by atoms with Gasteiger partial charge in [-0.05, 0) is 31.5 Å². The number of urea groups is 1. The van der Waals surface area contributed by atoms with Crippen LogP contribution < -0.4 is 21.7 Å². The number of amides is 3. The number of likely N-dealkylation sites (N-methyl/N-ethyl adjacent to an activating group) is 1. The van der Waals surface area contributed by atoms with Gasteiger partial charge in [0.05, 0.1) is 0 Å². The van der Waals surface area contributed by atoms with Gasteiger partial charge >= 0.3 is 6.03 Å². The number of nitrogens with two attached hydrogens (primary N) is 1. The van der Waals surface area contributed by atoms with Crippen LogP contribution in [0.5, 0.6) is 0 Å². The second-order valence-corrected chi connectivity index (χ2v) is 4.12. The molecule has 0 saturated heterocycles. The average Bonchev–Trinajstić information content (AvgIpc) is 2.39. The minimum atomic E-state index is -0.586. The molecule has 0 aliphatic carbocycles. The molecule has 0 spiro atoms. The number of rotatable bonds is 5. The molecule has 0 radical (unpaired) electrons. The highest BCUT2D eigenvalue weighted by molar-refractivity contribution is 5.93. The molecular weight excluding hydrogens is 244 g/mol. The Morgan fingerprint density at radius 3 is 2.74 bits per heavy atom. The van der Waals surface area contributed by atoms with E-state index < -0.39 is 12.1 Å². The molecule has 6 nitrogen and oxygen atoms in total. The van der Waals surface area contributed by atoms with Gasteiger partial charge in [0.2, 0.25) is 5.91 Å². The summed E-state index contributed by atoms with van der Waals surface area (Å²) < 4.78 is 0. The van der Waals surface area contributed by atoms with Gasteiger partial charge in [0.25, 0.3) is 0 Å². The summed E-state index contributed by atoms with van der Waals surface area (Å²) in [6.07, 6.45) is 0. The fourth-order valence-corrected chi connectivity index (χ4v) is 1.53. The van der Waals surface area contributed by atoms with Crippen LogP contribution in [-0.4, -0.2) is 24.5 Å². The van der Waals surface area contributed by atoms with Crippen LogP contribution in [0, 0.1) is 0 Å². The topological polar surface area (TPSA) is 96.2 Å². The van der Waals surface area contributed by atoms with Crippen molar-refractivity contribution >= 4 is 17.6 Å². The number of carbonyl (C=O) groups is 2. The monoisotopic (exact) mass is 264 g/mol. The summed E-state index contributed by atoms with van der Waals surface area (Å²) in [5.41, 5.74) is 7.09. The van der Waals surface area contributed by atoms with Crippen molar-refractivity contribution < 1.29 is 9.59 Å². The maximum absolute atomic E-state index is 11.7. The SMILES string of the molecule is CCNC(=O)C(C)NC(=O)Nc1cccc(CN)c1. The molecule has 0 aliphatic rings. The molecular formula is C13H20N4O2. The highest BCUT2D eigenvalue weighted by Crippen LogP contribution is 2.09. The van der Waals surface area contributed by atoms with Crippen molar-refractivity contribution in [2.24, 2.45) is 5.73 Å². The highest BCUT2D eigenvalue weighted by Gasteiger charge is 2.14. The maximum atomic E-state index is 11.7. The Kier molecular flexibility index (Phi) is 5.81. The van der Waals surface area contributed by atoms with E-state index in [4.69, 9.17) is 5.73 Å². The predicted octanol–water partition coefficient (Wildman–Crippen LogP) is 0.791. The molecule has 5 N–H and O–H groups in total. The highest BCUT2D eigenvalue weighted by atomic mass is 16.2. The first-order valence-electron chi connectivity index (χ1n) is 6.21. The maximum Gasteiger partial charge on any atom is 0.319 e. The van der Waals surface area contributed by atoms with Gasteiger partial charge in [-0.1, -0.05) is 12.1 Å². The molecule has 104 valence electrons. The zero-order valence-corrected chi connectivity index (χ0v) is 11.2. The Morgan fingerprint density at radius 1 is 1.37 bits per heavy atom. The first-order valence-corrected chi connectivity index (χ1v) is 6.21. The van der Waals surface area contributed by atoms with Gasteiger partial charge in [0, 0.05) is 18.8 Å². The Hall–Kier alpha value is -2.08. The van der Waals surface area contributed by atoms with Gasteiger partial charge < -0.3 is 21.7 Å². The molecule has 6 heteroatoms. The number of benzene rings is 1. The van der Waals surface area contributed by atoms with Crippen LogP contribution in [0.4, 0.5) is 10.5 Å². The third-order valence-electron chi connectivity index (χ3n) is 2.51. The zero-order chi connectivity index (χ0) is 14.3. The van der Waals surface area contributed by atoms with Gasteiger partial charge in [0.1, 0.15) is 6.04 Å². The molecule has 0 saturated carbocycles.